The number of carbonyl (C=O) groups excluding carboxylic acids is 1. The number of hydrogen-bond donors (Lipinski definition) is 2. The number of rotatable bonds is 7. The summed E-state index contributed by atoms with van der Waals surface area (Å²) < 4.78 is 14.9. The number of likely N-dealkylation sites (tertiary alicyclic amines) is 1. The summed E-state index contributed by atoms with van der Waals surface area (Å²) in [6.45, 7) is 9.01. The summed E-state index contributed by atoms with van der Waals surface area (Å²) in [6, 6.07) is 13.2. The lowest BCUT2D eigenvalue weighted by atomic mass is 10.0. The molecule has 2 aromatic carbocycles. The van der Waals surface area contributed by atoms with E-state index >= 15 is 0 Å². The van der Waals surface area contributed by atoms with E-state index in [4.69, 9.17) is 11.6 Å². The molecule has 0 saturated carbocycles. The highest BCUT2D eigenvalue weighted by Gasteiger charge is 2.28. The second-order valence-electron chi connectivity index (χ2n) is 10.6. The first-order chi connectivity index (χ1) is 19.8. The second-order valence-corrected chi connectivity index (χ2v) is 11.9. The molecule has 2 aliphatic rings. The van der Waals surface area contributed by atoms with Gasteiger partial charge in [-0.15, -0.1) is 0 Å². The predicted molar refractivity (Wildman–Crippen MR) is 166 cm³/mol. The largest absolute Gasteiger partial charge is 0.508 e. The maximum Gasteiger partial charge on any atom is 0.151 e. The Labute approximate surface area is 255 Å². The van der Waals surface area contributed by atoms with Crippen molar-refractivity contribution in [3.05, 3.63) is 86.2 Å². The number of phenolic OH excluding ortho intramolecular Hbond substituents is 1. The SMILES string of the molecule is CNCc1ccc(C)cc1O.O=Cc1cnc(N2CCN(C3CCN(Cc4ccc(Br)cc4F)CC3)CC2)c(Cl)c1. The highest BCUT2D eigenvalue weighted by Crippen LogP contribution is 2.27. The Morgan fingerprint density at radius 2 is 1.78 bits per heavy atom. The molecule has 0 unspecified atom stereocenters. The van der Waals surface area contributed by atoms with Crippen LogP contribution in [0.3, 0.4) is 0 Å². The summed E-state index contributed by atoms with van der Waals surface area (Å²) in [6.07, 6.45) is 4.54. The summed E-state index contributed by atoms with van der Waals surface area (Å²) in [4.78, 5) is 22.3. The van der Waals surface area contributed by atoms with Gasteiger partial charge in [0, 0.05) is 72.7 Å². The topological polar surface area (TPSA) is 71.9 Å². The number of piperidine rings is 1. The van der Waals surface area contributed by atoms with Crippen LogP contribution >= 0.6 is 27.5 Å². The smallest absolute Gasteiger partial charge is 0.151 e. The van der Waals surface area contributed by atoms with Crippen LogP contribution in [0.5, 0.6) is 5.75 Å². The summed E-state index contributed by atoms with van der Waals surface area (Å²) in [7, 11) is 1.86. The molecule has 41 heavy (non-hydrogen) atoms. The van der Waals surface area contributed by atoms with Gasteiger partial charge in [0.15, 0.2) is 6.29 Å². The van der Waals surface area contributed by atoms with E-state index in [9.17, 15) is 14.3 Å². The lowest BCUT2D eigenvalue weighted by Crippen LogP contribution is -2.53. The van der Waals surface area contributed by atoms with Crippen LogP contribution < -0.4 is 10.2 Å². The van der Waals surface area contributed by atoms with E-state index in [0.29, 0.717) is 35.5 Å². The van der Waals surface area contributed by atoms with E-state index in [0.717, 1.165) is 85.4 Å². The van der Waals surface area contributed by atoms with Crippen molar-refractivity contribution in [1.29, 1.82) is 0 Å². The first kappa shape index (κ1) is 31.4. The maximum atomic E-state index is 14.1. The van der Waals surface area contributed by atoms with Crippen molar-refractivity contribution in [3.8, 4) is 5.75 Å². The molecule has 0 radical (unpaired) electrons. The van der Waals surface area contributed by atoms with Crippen molar-refractivity contribution in [2.75, 3.05) is 51.2 Å². The van der Waals surface area contributed by atoms with Gasteiger partial charge in [0.2, 0.25) is 0 Å². The number of halogens is 3. The predicted octanol–water partition coefficient (Wildman–Crippen LogP) is 5.66. The molecular weight excluding hydrogens is 609 g/mol. The minimum atomic E-state index is -0.143. The van der Waals surface area contributed by atoms with Crippen molar-refractivity contribution in [2.24, 2.45) is 0 Å². The summed E-state index contributed by atoms with van der Waals surface area (Å²) >= 11 is 9.63. The van der Waals surface area contributed by atoms with Gasteiger partial charge in [-0.3, -0.25) is 14.6 Å². The molecule has 3 heterocycles. The van der Waals surface area contributed by atoms with E-state index in [-0.39, 0.29) is 5.82 Å². The minimum Gasteiger partial charge on any atom is -0.508 e. The summed E-state index contributed by atoms with van der Waals surface area (Å²) in [5, 5.41) is 12.9. The van der Waals surface area contributed by atoms with Crippen LogP contribution in [-0.2, 0) is 13.1 Å². The fourth-order valence-electron chi connectivity index (χ4n) is 5.39. The van der Waals surface area contributed by atoms with Crippen LogP contribution in [0.15, 0.2) is 53.1 Å². The van der Waals surface area contributed by atoms with E-state index in [2.05, 4.69) is 40.9 Å². The van der Waals surface area contributed by atoms with Crippen molar-refractivity contribution < 1.29 is 14.3 Å². The first-order valence-electron chi connectivity index (χ1n) is 14.0. The molecule has 220 valence electrons. The zero-order valence-electron chi connectivity index (χ0n) is 23.6. The Bertz CT molecular complexity index is 1310. The highest BCUT2D eigenvalue weighted by molar-refractivity contribution is 9.10. The summed E-state index contributed by atoms with van der Waals surface area (Å²) in [5.74, 6) is 0.990. The standard InChI is InChI=1S/C22H25BrClFN4O.C9H13NO/c23-18-2-1-17(21(25)12-18)14-27-5-3-19(4-6-27)28-7-9-29(10-8-28)22-20(24)11-16(15-30)13-26-22;1-7-3-4-8(6-10-2)9(11)5-7/h1-2,11-13,15,19H,3-10,14H2;3-5,10-11H,6H2,1-2H3. The van der Waals surface area contributed by atoms with Crippen molar-refractivity contribution in [2.45, 2.75) is 38.9 Å². The number of aryl methyl sites for hydroxylation is 1. The Kier molecular flexibility index (Phi) is 11.5. The molecule has 1 aromatic heterocycles. The number of nitrogens with zero attached hydrogens (tertiary/aromatic N) is 4. The van der Waals surface area contributed by atoms with E-state index in [1.165, 1.54) is 6.07 Å². The van der Waals surface area contributed by atoms with E-state index < -0.39 is 0 Å². The third kappa shape index (κ3) is 8.72. The molecule has 0 bridgehead atoms. The Hall–Kier alpha value is -2.56. The van der Waals surface area contributed by atoms with Crippen molar-refractivity contribution in [3.63, 3.8) is 0 Å². The lowest BCUT2D eigenvalue weighted by Gasteiger charge is -2.43. The third-order valence-corrected chi connectivity index (χ3v) is 8.45. The average Bonchev–Trinajstić information content (AvgIpc) is 2.97. The molecule has 0 atom stereocenters. The number of hydrogen-bond acceptors (Lipinski definition) is 7. The molecule has 5 rings (SSSR count). The number of aromatic hydroxyl groups is 1. The molecule has 0 spiro atoms. The number of carbonyl (C=O) groups is 1. The number of nitrogens with one attached hydrogen (secondary N) is 1. The molecule has 0 aliphatic carbocycles. The van der Waals surface area contributed by atoms with Gasteiger partial charge in [-0.25, -0.2) is 9.37 Å². The molecule has 0 amide bonds. The molecule has 2 saturated heterocycles. The van der Waals surface area contributed by atoms with Crippen LogP contribution in [0.25, 0.3) is 0 Å². The first-order valence-corrected chi connectivity index (χ1v) is 15.1. The number of anilines is 1. The number of aromatic nitrogens is 1. The maximum absolute atomic E-state index is 14.1. The van der Waals surface area contributed by atoms with Gasteiger partial charge in [-0.2, -0.15) is 0 Å². The van der Waals surface area contributed by atoms with Gasteiger partial charge in [0.1, 0.15) is 17.4 Å². The normalized spacial score (nSPS) is 16.8. The van der Waals surface area contributed by atoms with Gasteiger partial charge in [0.25, 0.3) is 0 Å². The van der Waals surface area contributed by atoms with Crippen LogP contribution in [0, 0.1) is 12.7 Å². The van der Waals surface area contributed by atoms with Gasteiger partial charge in [0.05, 0.1) is 5.02 Å². The number of benzene rings is 2. The fraction of sp³-hybridized carbons (Fsp3) is 0.419. The Morgan fingerprint density at radius 3 is 2.39 bits per heavy atom. The lowest BCUT2D eigenvalue weighted by molar-refractivity contribution is 0.0991. The molecule has 2 N–H and O–H groups in total. The monoisotopic (exact) mass is 645 g/mol. The van der Waals surface area contributed by atoms with Crippen LogP contribution in [-0.4, -0.2) is 78.5 Å². The molecule has 3 aromatic rings. The van der Waals surface area contributed by atoms with Gasteiger partial charge in [-0.05, 0) is 69.7 Å². The molecule has 7 nitrogen and oxygen atoms in total. The van der Waals surface area contributed by atoms with Crippen LogP contribution in [0.4, 0.5) is 10.2 Å². The number of phenols is 1. The number of pyridine rings is 1. The van der Waals surface area contributed by atoms with Gasteiger partial charge >= 0.3 is 0 Å². The minimum absolute atomic E-state index is 0.143. The molecule has 2 fully saturated rings. The van der Waals surface area contributed by atoms with E-state index in [1.807, 2.05) is 38.2 Å². The average molecular weight is 647 g/mol. The zero-order valence-corrected chi connectivity index (χ0v) is 26.0. The Balaban J connectivity index is 0.000000296. The second kappa shape index (κ2) is 15.1. The third-order valence-electron chi connectivity index (χ3n) is 7.68. The quantitative estimate of drug-likeness (QED) is 0.321. The van der Waals surface area contributed by atoms with Crippen LogP contribution in [0.1, 0.15) is 39.9 Å². The van der Waals surface area contributed by atoms with E-state index in [1.54, 1.807) is 18.3 Å². The zero-order chi connectivity index (χ0) is 29.4. The summed E-state index contributed by atoms with van der Waals surface area (Å²) in [5.41, 5.74) is 3.29. The highest BCUT2D eigenvalue weighted by atomic mass is 79.9. The van der Waals surface area contributed by atoms with Crippen LogP contribution in [0.2, 0.25) is 5.02 Å². The van der Waals surface area contributed by atoms with Crippen molar-refractivity contribution in [1.82, 2.24) is 20.1 Å². The van der Waals surface area contributed by atoms with Gasteiger partial charge < -0.3 is 15.3 Å². The molecule has 2 aliphatic heterocycles. The van der Waals surface area contributed by atoms with Crippen molar-refractivity contribution >= 4 is 39.6 Å². The van der Waals surface area contributed by atoms with Gasteiger partial charge in [-0.1, -0.05) is 45.7 Å². The molecule has 10 heteroatoms. The Morgan fingerprint density at radius 1 is 1.07 bits per heavy atom. The number of aldehydes is 1. The number of piperazine rings is 1. The fourth-order valence-corrected chi connectivity index (χ4v) is 6.02. The molecular formula is C31H38BrClFN5O2.